The fourth-order valence-corrected chi connectivity index (χ4v) is 4.22. The van der Waals surface area contributed by atoms with E-state index in [1.165, 1.54) is 23.9 Å². The van der Waals surface area contributed by atoms with Crippen LogP contribution in [0.5, 0.6) is 0 Å². The normalized spacial score (nSPS) is 17.7. The van der Waals surface area contributed by atoms with E-state index in [0.717, 1.165) is 37.7 Å². The minimum absolute atomic E-state index is 0.00198. The predicted molar refractivity (Wildman–Crippen MR) is 123 cm³/mol. The zero-order valence-corrected chi connectivity index (χ0v) is 18.7. The molecule has 9 nitrogen and oxygen atoms in total. The number of aromatic nitrogens is 1. The maximum atomic E-state index is 12.8. The smallest absolute Gasteiger partial charge is 0.404 e. The number of benzene rings is 1. The molecule has 0 saturated heterocycles. The summed E-state index contributed by atoms with van der Waals surface area (Å²) < 4.78 is 1.38. The maximum absolute atomic E-state index is 12.8. The summed E-state index contributed by atoms with van der Waals surface area (Å²) in [6.07, 6.45) is 4.69. The van der Waals surface area contributed by atoms with Gasteiger partial charge >= 0.3 is 6.09 Å². The molecule has 0 spiro atoms. The highest BCUT2D eigenvalue weighted by atomic mass is 16.4. The summed E-state index contributed by atoms with van der Waals surface area (Å²) in [5.41, 5.74) is 0.596. The molecule has 1 aliphatic carbocycles. The van der Waals surface area contributed by atoms with Gasteiger partial charge < -0.3 is 25.6 Å². The van der Waals surface area contributed by atoms with Crippen LogP contribution in [0.4, 0.5) is 4.79 Å². The molecule has 0 bridgehead atoms. The quantitative estimate of drug-likeness (QED) is 0.486. The first kappa shape index (κ1) is 24.0. The minimum atomic E-state index is -0.990. The zero-order valence-electron chi connectivity index (χ0n) is 18.7. The van der Waals surface area contributed by atoms with E-state index >= 15 is 0 Å². The van der Waals surface area contributed by atoms with Gasteiger partial charge in [-0.2, -0.15) is 0 Å². The Hall–Kier alpha value is -3.62. The summed E-state index contributed by atoms with van der Waals surface area (Å²) in [5, 5.41) is 16.7. The van der Waals surface area contributed by atoms with E-state index in [0.29, 0.717) is 12.5 Å². The van der Waals surface area contributed by atoms with Gasteiger partial charge in [0.15, 0.2) is 0 Å². The topological polar surface area (TPSA) is 130 Å². The average Bonchev–Trinajstić information content (AvgIpc) is 2.81. The summed E-state index contributed by atoms with van der Waals surface area (Å²) in [7, 11) is 1.44. The van der Waals surface area contributed by atoms with E-state index in [9.17, 15) is 19.2 Å². The number of rotatable bonds is 8. The first-order valence-corrected chi connectivity index (χ1v) is 11.2. The molecule has 1 aromatic carbocycles. The van der Waals surface area contributed by atoms with Crippen LogP contribution >= 0.6 is 0 Å². The summed E-state index contributed by atoms with van der Waals surface area (Å²) in [5.74, 6) is -0.461. The van der Waals surface area contributed by atoms with Crippen LogP contribution < -0.4 is 21.5 Å². The van der Waals surface area contributed by atoms with Crippen LogP contribution in [0.2, 0.25) is 0 Å². The van der Waals surface area contributed by atoms with E-state index in [1.807, 2.05) is 30.3 Å². The molecule has 1 fully saturated rings. The molecule has 3 rings (SSSR count). The van der Waals surface area contributed by atoms with Crippen molar-refractivity contribution in [3.05, 3.63) is 69.6 Å². The number of hydrogen-bond acceptors (Lipinski definition) is 4. The first-order chi connectivity index (χ1) is 15.9. The maximum Gasteiger partial charge on any atom is 0.404 e. The second-order valence-electron chi connectivity index (χ2n) is 8.35. The highest BCUT2D eigenvalue weighted by Crippen LogP contribution is 2.26. The van der Waals surface area contributed by atoms with Gasteiger partial charge in [0.05, 0.1) is 12.1 Å². The van der Waals surface area contributed by atoms with E-state index in [2.05, 4.69) is 16.0 Å². The summed E-state index contributed by atoms with van der Waals surface area (Å²) in [4.78, 5) is 48.6. The summed E-state index contributed by atoms with van der Waals surface area (Å²) >= 11 is 0. The largest absolute Gasteiger partial charge is 0.465 e. The van der Waals surface area contributed by atoms with Crippen LogP contribution in [0.1, 0.15) is 58.4 Å². The molecule has 0 radical (unpaired) electrons. The molecule has 1 heterocycles. The van der Waals surface area contributed by atoms with Crippen molar-refractivity contribution in [1.29, 1.82) is 0 Å². The van der Waals surface area contributed by atoms with Gasteiger partial charge in [-0.25, -0.2) is 4.79 Å². The van der Waals surface area contributed by atoms with Crippen molar-refractivity contribution in [2.45, 2.75) is 44.7 Å². The molecule has 4 N–H and O–H groups in total. The van der Waals surface area contributed by atoms with Crippen molar-refractivity contribution < 1.29 is 19.5 Å². The SMILES string of the molecule is CNC(=O)c1cc(C(=O)NCC[C@H]2CC[C@@H](NC(=O)O)CC2)cn(Cc2ccccc2)c1=O. The number of amides is 3. The fourth-order valence-electron chi connectivity index (χ4n) is 4.22. The third kappa shape index (κ3) is 6.68. The second-order valence-corrected chi connectivity index (χ2v) is 8.35. The average molecular weight is 455 g/mol. The lowest BCUT2D eigenvalue weighted by Gasteiger charge is -2.28. The molecule has 2 aromatic rings. The third-order valence-electron chi connectivity index (χ3n) is 6.03. The number of carbonyl (C=O) groups is 3. The van der Waals surface area contributed by atoms with Crippen molar-refractivity contribution in [3.8, 4) is 0 Å². The van der Waals surface area contributed by atoms with Gasteiger partial charge in [0.2, 0.25) is 0 Å². The van der Waals surface area contributed by atoms with Crippen LogP contribution in [0.3, 0.4) is 0 Å². The lowest BCUT2D eigenvalue weighted by molar-refractivity contribution is 0.0948. The molecule has 9 heteroatoms. The van der Waals surface area contributed by atoms with Gasteiger partial charge in [-0.05, 0) is 49.7 Å². The third-order valence-corrected chi connectivity index (χ3v) is 6.03. The Balaban J connectivity index is 1.64. The van der Waals surface area contributed by atoms with Gasteiger partial charge in [0, 0.05) is 25.8 Å². The highest BCUT2D eigenvalue weighted by molar-refractivity contribution is 5.99. The van der Waals surface area contributed by atoms with E-state index in [-0.39, 0.29) is 29.6 Å². The van der Waals surface area contributed by atoms with Crippen molar-refractivity contribution in [2.24, 2.45) is 5.92 Å². The van der Waals surface area contributed by atoms with Gasteiger partial charge in [-0.3, -0.25) is 14.4 Å². The number of pyridine rings is 1. The first-order valence-electron chi connectivity index (χ1n) is 11.2. The Kier molecular flexibility index (Phi) is 8.23. The van der Waals surface area contributed by atoms with E-state index in [1.54, 1.807) is 0 Å². The van der Waals surface area contributed by atoms with Gasteiger partial charge in [-0.15, -0.1) is 0 Å². The Morgan fingerprint density at radius 2 is 1.76 bits per heavy atom. The number of carbonyl (C=O) groups excluding carboxylic acids is 2. The standard InChI is InChI=1S/C24H30N4O5/c1-25-22(30)20-13-18(15-28(23(20)31)14-17-5-3-2-4-6-17)21(29)26-12-11-16-7-9-19(10-8-16)27-24(32)33/h2-6,13,15-16,19,27H,7-12,14H2,1H3,(H,25,30)(H,26,29)(H,32,33)/t16-,19+. The van der Waals surface area contributed by atoms with Crippen molar-refractivity contribution in [3.63, 3.8) is 0 Å². The van der Waals surface area contributed by atoms with E-state index in [4.69, 9.17) is 5.11 Å². The molecule has 3 amide bonds. The second kappa shape index (κ2) is 11.3. The molecule has 0 aliphatic heterocycles. The van der Waals surface area contributed by atoms with E-state index < -0.39 is 17.6 Å². The predicted octanol–water partition coefficient (Wildman–Crippen LogP) is 2.20. The summed E-state index contributed by atoms with van der Waals surface area (Å²) in [6.45, 7) is 0.714. The molecule has 1 aliphatic rings. The summed E-state index contributed by atoms with van der Waals surface area (Å²) in [6, 6.07) is 10.7. The molecule has 0 unspecified atom stereocenters. The number of nitrogens with one attached hydrogen (secondary N) is 3. The van der Waals surface area contributed by atoms with Crippen LogP contribution in [-0.4, -0.2) is 47.2 Å². The van der Waals surface area contributed by atoms with Crippen LogP contribution in [0.15, 0.2) is 47.4 Å². The van der Waals surface area contributed by atoms with Crippen molar-refractivity contribution in [1.82, 2.24) is 20.5 Å². The zero-order chi connectivity index (χ0) is 23.8. The molecular weight excluding hydrogens is 424 g/mol. The number of nitrogens with zero attached hydrogens (tertiary/aromatic N) is 1. The van der Waals surface area contributed by atoms with Gasteiger partial charge in [0.25, 0.3) is 17.4 Å². The number of hydrogen-bond donors (Lipinski definition) is 4. The Bertz CT molecular complexity index is 1040. The number of carboxylic acid groups (broad SMARTS) is 1. The monoisotopic (exact) mass is 454 g/mol. The van der Waals surface area contributed by atoms with Gasteiger partial charge in [0.1, 0.15) is 5.56 Å². The molecule has 1 aromatic heterocycles. The van der Waals surface area contributed by atoms with Crippen LogP contribution in [-0.2, 0) is 6.54 Å². The molecular formula is C24H30N4O5. The fraction of sp³-hybridized carbons (Fsp3) is 0.417. The minimum Gasteiger partial charge on any atom is -0.465 e. The molecule has 33 heavy (non-hydrogen) atoms. The Morgan fingerprint density at radius 1 is 1.06 bits per heavy atom. The molecule has 1 saturated carbocycles. The van der Waals surface area contributed by atoms with Crippen LogP contribution in [0.25, 0.3) is 0 Å². The van der Waals surface area contributed by atoms with Crippen molar-refractivity contribution >= 4 is 17.9 Å². The Labute approximate surface area is 192 Å². The molecule has 0 atom stereocenters. The molecule has 176 valence electrons. The van der Waals surface area contributed by atoms with Crippen molar-refractivity contribution in [2.75, 3.05) is 13.6 Å². The Morgan fingerprint density at radius 3 is 2.39 bits per heavy atom. The van der Waals surface area contributed by atoms with Gasteiger partial charge in [-0.1, -0.05) is 30.3 Å². The lowest BCUT2D eigenvalue weighted by Crippen LogP contribution is -2.37. The lowest BCUT2D eigenvalue weighted by atomic mass is 9.84. The highest BCUT2D eigenvalue weighted by Gasteiger charge is 2.22. The van der Waals surface area contributed by atoms with Crippen LogP contribution in [0, 0.1) is 5.92 Å².